The van der Waals surface area contributed by atoms with E-state index in [1.54, 1.807) is 0 Å². The maximum atomic E-state index is 2.64. The third-order valence-electron chi connectivity index (χ3n) is 13.8. The molecule has 0 spiro atoms. The highest BCUT2D eigenvalue weighted by molar-refractivity contribution is 6.29. The van der Waals surface area contributed by atoms with Gasteiger partial charge >= 0.3 is 0 Å². The van der Waals surface area contributed by atoms with Crippen molar-refractivity contribution in [1.82, 2.24) is 13.7 Å². The lowest BCUT2D eigenvalue weighted by molar-refractivity contribution is 0.822. The summed E-state index contributed by atoms with van der Waals surface area (Å²) in [5.74, 6) is 0. The van der Waals surface area contributed by atoms with E-state index in [4.69, 9.17) is 0 Å². The van der Waals surface area contributed by atoms with Crippen molar-refractivity contribution in [3.63, 3.8) is 0 Å². The first kappa shape index (κ1) is 26.0. The Balaban J connectivity index is 1.25. The average molecular weight is 682 g/mol. The van der Waals surface area contributed by atoms with E-state index in [-0.39, 0.29) is 0 Å². The van der Waals surface area contributed by atoms with Crippen molar-refractivity contribution >= 4 is 97.7 Å². The normalized spacial score (nSPS) is 14.4. The maximum Gasteiger partial charge on any atom is 0.0507 e. The first-order valence-electron chi connectivity index (χ1n) is 19.2. The maximum absolute atomic E-state index is 2.64. The third kappa shape index (κ3) is 2.84. The number of hydrogen-bond donors (Lipinski definition) is 0. The summed E-state index contributed by atoms with van der Waals surface area (Å²) in [6, 6.07) is 51.3. The number of fused-ring (bicyclic) bond motifs is 9. The van der Waals surface area contributed by atoms with Gasteiger partial charge in [0.1, 0.15) is 0 Å². The van der Waals surface area contributed by atoms with Gasteiger partial charge in [-0.1, -0.05) is 54.6 Å². The number of rotatable bonds is 0. The largest absolute Gasteiger partial charge is 0.336 e. The van der Waals surface area contributed by atoms with Gasteiger partial charge in [-0.15, -0.1) is 0 Å². The first-order valence-corrected chi connectivity index (χ1v) is 19.2. The first-order chi connectivity index (χ1) is 26.6. The van der Waals surface area contributed by atoms with Gasteiger partial charge in [0.05, 0.1) is 33.1 Å². The van der Waals surface area contributed by atoms with Crippen LogP contribution in [0.2, 0.25) is 0 Å². The summed E-state index contributed by atoms with van der Waals surface area (Å²) in [5, 5.41) is 16.1. The van der Waals surface area contributed by atoms with E-state index in [0.29, 0.717) is 0 Å². The predicted octanol–water partition coefficient (Wildman–Crippen LogP) is 12.9. The Morgan fingerprint density at radius 3 is 0.648 bits per heavy atom. The second-order valence-electron chi connectivity index (χ2n) is 16.7. The van der Waals surface area contributed by atoms with Gasteiger partial charge in [0.2, 0.25) is 0 Å². The van der Waals surface area contributed by atoms with E-state index in [0.717, 1.165) is 19.6 Å². The molecule has 18 bridgehead atoms. The number of nitrogens with zero attached hydrogens (tertiary/aromatic N) is 3. The molecule has 0 radical (unpaired) electrons. The number of benzene rings is 10. The molecule has 3 aromatic heterocycles. The Hall–Kier alpha value is -6.84. The predicted molar refractivity (Wildman–Crippen MR) is 225 cm³/mol. The van der Waals surface area contributed by atoms with Gasteiger partial charge in [-0.3, -0.25) is 0 Å². The van der Waals surface area contributed by atoms with Gasteiger partial charge in [-0.05, 0) is 155 Å². The Morgan fingerprint density at radius 2 is 0.444 bits per heavy atom. The molecule has 16 rings (SSSR count). The minimum atomic E-state index is 0.816. The van der Waals surface area contributed by atoms with E-state index < -0.39 is 0 Å². The van der Waals surface area contributed by atoms with Crippen molar-refractivity contribution in [2.24, 2.45) is 0 Å². The minimum Gasteiger partial charge on any atom is -0.336 e. The minimum absolute atomic E-state index is 0.816. The van der Waals surface area contributed by atoms with Gasteiger partial charge in [0.15, 0.2) is 0 Å². The topological polar surface area (TPSA) is 14.8 Å². The molecule has 0 fully saturated rings. The van der Waals surface area contributed by atoms with Crippen LogP contribution in [-0.4, -0.2) is 13.7 Å². The van der Waals surface area contributed by atoms with Crippen LogP contribution in [0, 0.1) is 0 Å². The van der Waals surface area contributed by atoms with Crippen LogP contribution in [0.25, 0.3) is 131 Å². The molecule has 0 N–H and O–H groups in total. The van der Waals surface area contributed by atoms with Crippen LogP contribution < -0.4 is 0 Å². The highest BCUT2D eigenvalue weighted by Crippen LogP contribution is 2.48. The zero-order valence-electron chi connectivity index (χ0n) is 29.1. The lowest BCUT2D eigenvalue weighted by atomic mass is 9.91. The van der Waals surface area contributed by atoms with Crippen molar-refractivity contribution in [2.75, 3.05) is 0 Å². The molecule has 3 aliphatic rings. The smallest absolute Gasteiger partial charge is 0.0507 e. The second kappa shape index (κ2) is 8.20. The molecular weight excluding hydrogens is 655 g/mol. The fourth-order valence-corrected chi connectivity index (χ4v) is 11.7. The molecular formula is C51H27N3. The van der Waals surface area contributed by atoms with Gasteiger partial charge in [-0.25, -0.2) is 0 Å². The second-order valence-corrected chi connectivity index (χ2v) is 16.7. The van der Waals surface area contributed by atoms with E-state index in [1.807, 2.05) is 0 Å². The van der Waals surface area contributed by atoms with Crippen molar-refractivity contribution in [2.45, 2.75) is 19.6 Å². The molecule has 246 valence electrons. The quantitative estimate of drug-likeness (QED) is 0.142. The summed E-state index contributed by atoms with van der Waals surface area (Å²) in [7, 11) is 0. The summed E-state index contributed by atoms with van der Waals surface area (Å²) in [5.41, 5.74) is 19.7. The van der Waals surface area contributed by atoms with Crippen LogP contribution >= 0.6 is 0 Å². The van der Waals surface area contributed by atoms with Crippen molar-refractivity contribution in [3.05, 3.63) is 144 Å². The summed E-state index contributed by atoms with van der Waals surface area (Å²) in [6.45, 7) is 2.45. The van der Waals surface area contributed by atoms with E-state index in [2.05, 4.69) is 141 Å². The number of aromatic nitrogens is 3. The summed E-state index contributed by atoms with van der Waals surface area (Å²) in [4.78, 5) is 0. The molecule has 0 atom stereocenters. The summed E-state index contributed by atoms with van der Waals surface area (Å²) < 4.78 is 7.91. The van der Waals surface area contributed by atoms with E-state index in [1.165, 1.54) is 148 Å². The molecule has 3 nitrogen and oxygen atoms in total. The third-order valence-corrected chi connectivity index (χ3v) is 13.8. The summed E-state index contributed by atoms with van der Waals surface area (Å²) in [6.07, 6.45) is 0. The molecule has 0 aliphatic carbocycles. The van der Waals surface area contributed by atoms with Crippen molar-refractivity contribution < 1.29 is 0 Å². The zero-order valence-corrected chi connectivity index (χ0v) is 29.1. The standard InChI is InChI=1S/C51H27N3/c1-2-29-11-35-17-41-47(29)46-28(1)10-34-16-40(46)52(41)22-25-7-26-9-27(8-25)24-54-43-19-37(35)13-31-5-6-33-15-39(21-45(54)51(33)49(31)43)38-14-32-4-3-30-12-36(34)18-42-48(30)50(32)44(20-38)53(42)23-26/h1-21H,22-24H2. The van der Waals surface area contributed by atoms with Crippen LogP contribution in [0.5, 0.6) is 0 Å². The molecule has 10 aromatic carbocycles. The van der Waals surface area contributed by atoms with Crippen molar-refractivity contribution in [3.8, 4) is 33.4 Å². The average Bonchev–Trinajstić information content (AvgIpc) is 3.80. The van der Waals surface area contributed by atoms with E-state index >= 15 is 0 Å². The molecule has 13 aromatic rings. The van der Waals surface area contributed by atoms with Crippen LogP contribution in [-0.2, 0) is 19.6 Å². The van der Waals surface area contributed by atoms with Crippen LogP contribution in [0.15, 0.2) is 127 Å². The fraction of sp³-hybridized carbons (Fsp3) is 0.0588. The Bertz CT molecular complexity index is 3280. The van der Waals surface area contributed by atoms with Crippen LogP contribution in [0.1, 0.15) is 16.7 Å². The Morgan fingerprint density at radius 1 is 0.241 bits per heavy atom. The SMILES string of the molecule is c1c2cc3cc1Cn1c4cc5cc6ccc7cc(cc1c7c64)-c1cc4ccc6cc(cc7c6c4c(c1)n7C3)-c1cc3ccc4cc-5cc5c4c3c(c1)n5C2. The van der Waals surface area contributed by atoms with Crippen LogP contribution in [0.4, 0.5) is 0 Å². The summed E-state index contributed by atoms with van der Waals surface area (Å²) >= 11 is 0. The number of hydrogen-bond acceptors (Lipinski definition) is 0. The molecule has 6 heterocycles. The lowest BCUT2D eigenvalue weighted by Gasteiger charge is -2.15. The molecule has 3 heteroatoms. The van der Waals surface area contributed by atoms with Gasteiger partial charge in [0, 0.05) is 52.0 Å². The van der Waals surface area contributed by atoms with Gasteiger partial charge < -0.3 is 13.7 Å². The van der Waals surface area contributed by atoms with E-state index in [9.17, 15) is 0 Å². The zero-order chi connectivity index (χ0) is 34.3. The molecule has 54 heavy (non-hydrogen) atoms. The molecule has 0 amide bonds. The highest BCUT2D eigenvalue weighted by atomic mass is 15.0. The molecule has 3 aliphatic heterocycles. The lowest BCUT2D eigenvalue weighted by Crippen LogP contribution is -2.06. The van der Waals surface area contributed by atoms with Gasteiger partial charge in [0.25, 0.3) is 0 Å². The molecule has 0 saturated heterocycles. The molecule has 0 unspecified atom stereocenters. The highest BCUT2D eigenvalue weighted by Gasteiger charge is 2.26. The fourth-order valence-electron chi connectivity index (χ4n) is 11.7. The molecule has 0 saturated carbocycles. The van der Waals surface area contributed by atoms with Crippen molar-refractivity contribution in [1.29, 1.82) is 0 Å². The van der Waals surface area contributed by atoms with Crippen LogP contribution in [0.3, 0.4) is 0 Å². The monoisotopic (exact) mass is 681 g/mol. The Labute approximate surface area is 307 Å². The van der Waals surface area contributed by atoms with Gasteiger partial charge in [-0.2, -0.15) is 0 Å². The Kier molecular flexibility index (Phi) is 3.95.